The highest BCUT2D eigenvalue weighted by atomic mass is 35.5. The van der Waals surface area contributed by atoms with Gasteiger partial charge in [0, 0.05) is 35.7 Å². The van der Waals surface area contributed by atoms with E-state index in [0.717, 1.165) is 15.9 Å². The van der Waals surface area contributed by atoms with Crippen LogP contribution in [0.5, 0.6) is 5.75 Å². The van der Waals surface area contributed by atoms with Gasteiger partial charge in [-0.3, -0.25) is 24.0 Å². The summed E-state index contributed by atoms with van der Waals surface area (Å²) in [4.78, 5) is 40.5. The van der Waals surface area contributed by atoms with Crippen LogP contribution in [0.3, 0.4) is 0 Å². The minimum Gasteiger partial charge on any atom is -0.495 e. The standard InChI is InChI=1S/C35H35Cl3N4O7S/c1-22(2)39-35(44)32(17-24-8-6-5-7-9-24)40(20-25-11-14-28(37)29(38)16-25)34(43)21-41(31-18-26(36)12-15-33(31)49-4)50(47,48)27-13-10-23(3)30(19-27)42(45)46/h5-16,18-19,22,32H,17,20-21H2,1-4H3,(H,39,44)/t32-/m0/s1. The van der Waals surface area contributed by atoms with Crippen LogP contribution in [0.1, 0.15) is 30.5 Å². The lowest BCUT2D eigenvalue weighted by atomic mass is 10.0. The van der Waals surface area contributed by atoms with Gasteiger partial charge in [0.1, 0.15) is 18.3 Å². The Morgan fingerprint density at radius 2 is 1.62 bits per heavy atom. The van der Waals surface area contributed by atoms with E-state index in [-0.39, 0.29) is 51.1 Å². The summed E-state index contributed by atoms with van der Waals surface area (Å²) >= 11 is 18.8. The zero-order valence-electron chi connectivity index (χ0n) is 27.6. The van der Waals surface area contributed by atoms with Crippen LogP contribution in [0.4, 0.5) is 11.4 Å². The monoisotopic (exact) mass is 760 g/mol. The second-order valence-corrected chi connectivity index (χ2v) is 14.8. The number of halogens is 3. The summed E-state index contributed by atoms with van der Waals surface area (Å²) in [7, 11) is -3.39. The average molecular weight is 762 g/mol. The number of sulfonamides is 1. The van der Waals surface area contributed by atoms with Gasteiger partial charge in [0.05, 0.1) is 32.7 Å². The fraction of sp³-hybridized carbons (Fsp3) is 0.257. The molecule has 0 unspecified atom stereocenters. The van der Waals surface area contributed by atoms with Gasteiger partial charge in [-0.05, 0) is 68.3 Å². The number of methoxy groups -OCH3 is 1. The minimum atomic E-state index is -4.71. The number of carbonyl (C=O) groups is 2. The summed E-state index contributed by atoms with van der Waals surface area (Å²) in [5, 5.41) is 15.3. The van der Waals surface area contributed by atoms with Crippen LogP contribution in [-0.4, -0.2) is 55.8 Å². The van der Waals surface area contributed by atoms with Crippen molar-refractivity contribution in [3.8, 4) is 5.75 Å². The summed E-state index contributed by atoms with van der Waals surface area (Å²) in [6.45, 7) is 4.04. The minimum absolute atomic E-state index is 0.0572. The maximum absolute atomic E-state index is 14.7. The number of hydrogen-bond donors (Lipinski definition) is 1. The van der Waals surface area contributed by atoms with Gasteiger partial charge in [-0.15, -0.1) is 0 Å². The molecule has 0 fully saturated rings. The first-order valence-corrected chi connectivity index (χ1v) is 17.9. The third kappa shape index (κ3) is 9.25. The van der Waals surface area contributed by atoms with Crippen molar-refractivity contribution in [1.82, 2.24) is 10.2 Å². The number of aryl methyl sites for hydroxylation is 1. The molecule has 0 radical (unpaired) electrons. The van der Waals surface area contributed by atoms with Crippen molar-refractivity contribution in [2.45, 2.75) is 50.7 Å². The molecule has 50 heavy (non-hydrogen) atoms. The van der Waals surface area contributed by atoms with Gasteiger partial charge in [0.25, 0.3) is 15.7 Å². The summed E-state index contributed by atoms with van der Waals surface area (Å²) in [5.74, 6) is -1.19. The second kappa shape index (κ2) is 16.6. The van der Waals surface area contributed by atoms with E-state index >= 15 is 0 Å². The highest BCUT2D eigenvalue weighted by Crippen LogP contribution is 2.36. The topological polar surface area (TPSA) is 139 Å². The molecule has 0 aliphatic carbocycles. The number of anilines is 1. The van der Waals surface area contributed by atoms with Crippen LogP contribution in [-0.2, 0) is 32.6 Å². The molecule has 2 amide bonds. The first-order valence-electron chi connectivity index (χ1n) is 15.3. The van der Waals surface area contributed by atoms with Gasteiger partial charge in [0.15, 0.2) is 0 Å². The Hall–Kier alpha value is -4.36. The van der Waals surface area contributed by atoms with Crippen molar-refractivity contribution in [2.24, 2.45) is 0 Å². The van der Waals surface area contributed by atoms with E-state index in [0.29, 0.717) is 5.56 Å². The van der Waals surface area contributed by atoms with Crippen molar-refractivity contribution in [2.75, 3.05) is 18.0 Å². The van der Waals surface area contributed by atoms with Gasteiger partial charge in [-0.2, -0.15) is 0 Å². The Labute approximate surface area is 305 Å². The maximum Gasteiger partial charge on any atom is 0.273 e. The molecule has 4 aromatic rings. The highest BCUT2D eigenvalue weighted by molar-refractivity contribution is 7.92. The Balaban J connectivity index is 1.91. The van der Waals surface area contributed by atoms with Crippen LogP contribution in [0.15, 0.2) is 89.8 Å². The van der Waals surface area contributed by atoms with Gasteiger partial charge < -0.3 is 15.0 Å². The fourth-order valence-electron chi connectivity index (χ4n) is 5.21. The molecule has 15 heteroatoms. The molecule has 4 aromatic carbocycles. The molecule has 264 valence electrons. The molecule has 0 heterocycles. The Kier molecular flexibility index (Phi) is 12.7. The lowest BCUT2D eigenvalue weighted by Gasteiger charge is -2.34. The molecule has 11 nitrogen and oxygen atoms in total. The zero-order valence-corrected chi connectivity index (χ0v) is 30.7. The number of amides is 2. The lowest BCUT2D eigenvalue weighted by Crippen LogP contribution is -2.54. The van der Waals surface area contributed by atoms with Crippen LogP contribution in [0, 0.1) is 17.0 Å². The van der Waals surface area contributed by atoms with Crippen LogP contribution < -0.4 is 14.4 Å². The molecule has 0 saturated carbocycles. The van der Waals surface area contributed by atoms with Crippen LogP contribution >= 0.6 is 34.8 Å². The number of ether oxygens (including phenoxy) is 1. The van der Waals surface area contributed by atoms with E-state index in [4.69, 9.17) is 39.5 Å². The van der Waals surface area contributed by atoms with Gasteiger partial charge in [-0.25, -0.2) is 8.42 Å². The first-order chi connectivity index (χ1) is 23.6. The molecule has 0 aromatic heterocycles. The number of nitro groups is 1. The number of carbonyl (C=O) groups excluding carboxylic acids is 2. The van der Waals surface area contributed by atoms with E-state index in [2.05, 4.69) is 5.32 Å². The normalized spacial score (nSPS) is 11.9. The molecule has 0 aliphatic heterocycles. The summed E-state index contributed by atoms with van der Waals surface area (Å²) in [6, 6.07) is 20.1. The predicted octanol–water partition coefficient (Wildman–Crippen LogP) is 7.23. The molecule has 0 spiro atoms. The number of nitro benzene ring substituents is 1. The molecule has 4 rings (SSSR count). The van der Waals surface area contributed by atoms with Crippen molar-refractivity contribution in [1.29, 1.82) is 0 Å². The molecule has 0 aliphatic rings. The van der Waals surface area contributed by atoms with Gasteiger partial charge >= 0.3 is 0 Å². The average Bonchev–Trinajstić information content (AvgIpc) is 3.06. The number of benzene rings is 4. The quantitative estimate of drug-likeness (QED) is 0.106. The second-order valence-electron chi connectivity index (χ2n) is 11.7. The van der Waals surface area contributed by atoms with Crippen molar-refractivity contribution in [3.05, 3.63) is 127 Å². The summed E-state index contributed by atoms with van der Waals surface area (Å²) in [6.07, 6.45) is 0.0872. The highest BCUT2D eigenvalue weighted by Gasteiger charge is 2.36. The maximum atomic E-state index is 14.7. The first kappa shape index (κ1) is 38.4. The number of rotatable bonds is 14. The molecular weight excluding hydrogens is 727 g/mol. The molecule has 0 saturated heterocycles. The van der Waals surface area contributed by atoms with E-state index < -0.39 is 49.9 Å². The van der Waals surface area contributed by atoms with Gasteiger partial charge in [-0.1, -0.05) is 77.3 Å². The van der Waals surface area contributed by atoms with Crippen molar-refractivity contribution in [3.63, 3.8) is 0 Å². The third-order valence-corrected chi connectivity index (χ3v) is 10.4. The van der Waals surface area contributed by atoms with Crippen molar-refractivity contribution < 1.29 is 27.7 Å². The number of nitrogens with zero attached hydrogens (tertiary/aromatic N) is 3. The SMILES string of the molecule is COc1ccc(Cl)cc1N(CC(=O)N(Cc1ccc(Cl)c(Cl)c1)[C@@H](Cc1ccccc1)C(=O)NC(C)C)S(=O)(=O)c1ccc(C)c([N+](=O)[O-])c1. The molecular formula is C35H35Cl3N4O7S. The summed E-state index contributed by atoms with van der Waals surface area (Å²) in [5.41, 5.74) is 0.982. The smallest absolute Gasteiger partial charge is 0.273 e. The number of hydrogen-bond acceptors (Lipinski definition) is 7. The van der Waals surface area contributed by atoms with E-state index in [9.17, 15) is 28.1 Å². The molecule has 1 atom stereocenters. The molecule has 0 bridgehead atoms. The number of nitrogens with one attached hydrogen (secondary N) is 1. The van der Waals surface area contributed by atoms with Crippen molar-refractivity contribution >= 4 is 68.0 Å². The largest absolute Gasteiger partial charge is 0.495 e. The Morgan fingerprint density at radius 3 is 2.24 bits per heavy atom. The third-order valence-electron chi connectivity index (χ3n) is 7.69. The predicted molar refractivity (Wildman–Crippen MR) is 195 cm³/mol. The Morgan fingerprint density at radius 1 is 0.920 bits per heavy atom. The lowest BCUT2D eigenvalue weighted by molar-refractivity contribution is -0.385. The van der Waals surface area contributed by atoms with E-state index in [1.54, 1.807) is 44.2 Å². The van der Waals surface area contributed by atoms with Crippen LogP contribution in [0.25, 0.3) is 0 Å². The van der Waals surface area contributed by atoms with E-state index in [1.165, 1.54) is 49.3 Å². The Bertz CT molecular complexity index is 2000. The van der Waals surface area contributed by atoms with Crippen LogP contribution in [0.2, 0.25) is 15.1 Å². The molecule has 1 N–H and O–H groups in total. The summed E-state index contributed by atoms with van der Waals surface area (Å²) < 4.78 is 35.2. The van der Waals surface area contributed by atoms with Gasteiger partial charge in [0.2, 0.25) is 11.8 Å². The van der Waals surface area contributed by atoms with E-state index in [1.807, 2.05) is 18.2 Å². The fourth-order valence-corrected chi connectivity index (χ4v) is 7.14. The zero-order chi connectivity index (χ0) is 36.7.